The lowest BCUT2D eigenvalue weighted by molar-refractivity contribution is 1.26. The van der Waals surface area contributed by atoms with E-state index in [4.69, 9.17) is 9.97 Å². The fourth-order valence-corrected chi connectivity index (χ4v) is 4.73. The molecule has 140 valence electrons. The number of para-hydroxylation sites is 2. The molecule has 5 aromatic heterocycles. The zero-order valence-corrected chi connectivity index (χ0v) is 16.0. The number of nitrogens with zero attached hydrogens (tertiary/aromatic N) is 4. The maximum Gasteiger partial charge on any atom is 0.115 e. The van der Waals surface area contributed by atoms with Gasteiger partial charge in [-0.05, 0) is 48.5 Å². The van der Waals surface area contributed by atoms with Crippen molar-refractivity contribution in [2.24, 2.45) is 0 Å². The van der Waals surface area contributed by atoms with Crippen molar-refractivity contribution in [3.8, 4) is 0 Å². The van der Waals surface area contributed by atoms with Crippen LogP contribution in [0.1, 0.15) is 0 Å². The summed E-state index contributed by atoms with van der Waals surface area (Å²) in [4.78, 5) is 9.58. The highest BCUT2D eigenvalue weighted by Crippen LogP contribution is 2.32. The maximum atomic E-state index is 4.79. The summed E-state index contributed by atoms with van der Waals surface area (Å²) in [6.07, 6.45) is 3.69. The monoisotopic (exact) mass is 384 g/mol. The fourth-order valence-electron chi connectivity index (χ4n) is 4.73. The van der Waals surface area contributed by atoms with Crippen LogP contribution in [-0.4, -0.2) is 18.8 Å². The predicted octanol–water partition coefficient (Wildman–Crippen LogP) is 6.16. The summed E-state index contributed by atoms with van der Waals surface area (Å²) in [6.45, 7) is 0. The smallest absolute Gasteiger partial charge is 0.115 e. The quantitative estimate of drug-likeness (QED) is 0.314. The molecule has 30 heavy (non-hydrogen) atoms. The van der Waals surface area contributed by atoms with E-state index in [1.165, 1.54) is 10.8 Å². The topological polar surface area (TPSA) is 34.6 Å². The van der Waals surface area contributed by atoms with E-state index in [0.29, 0.717) is 0 Å². The molecule has 0 saturated carbocycles. The fraction of sp³-hybridized carbons (Fsp3) is 0. The largest absolute Gasteiger partial charge is 0.306 e. The van der Waals surface area contributed by atoms with Crippen molar-refractivity contribution in [1.29, 1.82) is 0 Å². The molecular formula is C26H16N4. The van der Waals surface area contributed by atoms with Gasteiger partial charge in [-0.25, -0.2) is 0 Å². The summed E-state index contributed by atoms with van der Waals surface area (Å²) in [5.74, 6) is 0. The summed E-state index contributed by atoms with van der Waals surface area (Å²) in [7, 11) is 0. The number of hydrogen-bond donors (Lipinski definition) is 0. The second kappa shape index (κ2) is 5.67. The highest BCUT2D eigenvalue weighted by molar-refractivity contribution is 6.07. The first kappa shape index (κ1) is 15.7. The molecule has 0 aliphatic rings. The van der Waals surface area contributed by atoms with Crippen LogP contribution in [0.15, 0.2) is 97.3 Å². The molecule has 2 aromatic carbocycles. The Morgan fingerprint density at radius 1 is 0.433 bits per heavy atom. The molecule has 0 bridgehead atoms. The minimum absolute atomic E-state index is 0.888. The van der Waals surface area contributed by atoms with E-state index in [1.54, 1.807) is 0 Å². The molecule has 7 aromatic rings. The Balaban J connectivity index is 1.99. The normalized spacial score (nSPS) is 12.0. The van der Waals surface area contributed by atoms with Crippen molar-refractivity contribution in [2.45, 2.75) is 0 Å². The molecule has 7 rings (SSSR count). The summed E-state index contributed by atoms with van der Waals surface area (Å²) < 4.78 is 4.64. The minimum atomic E-state index is 0.888. The molecular weight excluding hydrogens is 368 g/mol. The Morgan fingerprint density at radius 2 is 0.867 bits per heavy atom. The van der Waals surface area contributed by atoms with Crippen molar-refractivity contribution < 1.29 is 0 Å². The molecule has 0 spiro atoms. The van der Waals surface area contributed by atoms with Crippen LogP contribution in [0.3, 0.4) is 0 Å². The molecule has 0 atom stereocenters. The Kier molecular flexibility index (Phi) is 2.97. The summed E-state index contributed by atoms with van der Waals surface area (Å²) in [5.41, 5.74) is 8.50. The molecule has 0 radical (unpaired) electrons. The maximum absolute atomic E-state index is 4.79. The highest BCUT2D eigenvalue weighted by atomic mass is 15.0. The van der Waals surface area contributed by atoms with E-state index in [1.807, 2.05) is 24.5 Å². The van der Waals surface area contributed by atoms with Crippen molar-refractivity contribution in [3.05, 3.63) is 97.3 Å². The Morgan fingerprint density at radius 3 is 1.37 bits per heavy atom. The van der Waals surface area contributed by atoms with Gasteiger partial charge in [-0.3, -0.25) is 9.97 Å². The molecule has 0 aliphatic heterocycles. The third-order valence-corrected chi connectivity index (χ3v) is 5.96. The number of fused-ring (bicyclic) bond motifs is 12. The van der Waals surface area contributed by atoms with E-state index in [2.05, 4.69) is 81.6 Å². The van der Waals surface area contributed by atoms with Gasteiger partial charge in [-0.15, -0.1) is 0 Å². The van der Waals surface area contributed by atoms with Crippen LogP contribution in [0.25, 0.3) is 54.9 Å². The van der Waals surface area contributed by atoms with Gasteiger partial charge in [-0.1, -0.05) is 36.4 Å². The molecule has 4 heteroatoms. The van der Waals surface area contributed by atoms with Crippen molar-refractivity contribution >= 4 is 54.9 Å². The van der Waals surface area contributed by atoms with Crippen LogP contribution >= 0.6 is 0 Å². The minimum Gasteiger partial charge on any atom is -0.306 e. The molecule has 4 nitrogen and oxygen atoms in total. The average molecular weight is 384 g/mol. The second-order valence-corrected chi connectivity index (χ2v) is 7.59. The van der Waals surface area contributed by atoms with E-state index >= 15 is 0 Å². The second-order valence-electron chi connectivity index (χ2n) is 7.59. The number of benzene rings is 2. The van der Waals surface area contributed by atoms with Gasteiger partial charge in [-0.2, -0.15) is 0 Å². The summed E-state index contributed by atoms with van der Waals surface area (Å²) >= 11 is 0. The molecule has 0 N–H and O–H groups in total. The lowest BCUT2D eigenvalue weighted by atomic mass is 10.2. The predicted molar refractivity (Wildman–Crippen MR) is 123 cm³/mol. The van der Waals surface area contributed by atoms with Crippen molar-refractivity contribution in [2.75, 3.05) is 0 Å². The molecule has 0 unspecified atom stereocenters. The van der Waals surface area contributed by atoms with Gasteiger partial charge in [0, 0.05) is 23.2 Å². The van der Waals surface area contributed by atoms with Gasteiger partial charge in [0.2, 0.25) is 0 Å². The molecule has 0 fully saturated rings. The zero-order chi connectivity index (χ0) is 19.7. The molecule has 0 amide bonds. The molecule has 0 aliphatic carbocycles. The van der Waals surface area contributed by atoms with Gasteiger partial charge in [0.25, 0.3) is 0 Å². The van der Waals surface area contributed by atoms with Gasteiger partial charge in [0.15, 0.2) is 0 Å². The number of rotatable bonds is 0. The molecule has 0 saturated heterocycles. The first-order chi connectivity index (χ1) is 14.9. The number of pyridine rings is 2. The third kappa shape index (κ3) is 1.95. The van der Waals surface area contributed by atoms with Gasteiger partial charge in [0.1, 0.15) is 11.0 Å². The van der Waals surface area contributed by atoms with Gasteiger partial charge < -0.3 is 8.80 Å². The third-order valence-electron chi connectivity index (χ3n) is 5.96. The highest BCUT2D eigenvalue weighted by Gasteiger charge is 2.14. The molecule has 5 heterocycles. The Hall–Kier alpha value is -4.18. The van der Waals surface area contributed by atoms with Crippen molar-refractivity contribution in [3.63, 3.8) is 0 Å². The Labute approximate surface area is 171 Å². The van der Waals surface area contributed by atoms with Crippen LogP contribution in [0.5, 0.6) is 0 Å². The lowest BCUT2D eigenvalue weighted by Gasteiger charge is -2.08. The van der Waals surface area contributed by atoms with Crippen LogP contribution in [0, 0.1) is 0 Å². The summed E-state index contributed by atoms with van der Waals surface area (Å²) in [5, 5.41) is 2.41. The lowest BCUT2D eigenvalue weighted by Crippen LogP contribution is -1.95. The van der Waals surface area contributed by atoms with Gasteiger partial charge in [0.05, 0.1) is 33.1 Å². The van der Waals surface area contributed by atoms with E-state index < -0.39 is 0 Å². The first-order valence-electron chi connectivity index (χ1n) is 10.0. The van der Waals surface area contributed by atoms with E-state index in [0.717, 1.165) is 44.1 Å². The van der Waals surface area contributed by atoms with E-state index in [-0.39, 0.29) is 0 Å². The van der Waals surface area contributed by atoms with Crippen LogP contribution in [-0.2, 0) is 0 Å². The first-order valence-corrected chi connectivity index (χ1v) is 10.0. The zero-order valence-electron chi connectivity index (χ0n) is 16.0. The van der Waals surface area contributed by atoms with Crippen molar-refractivity contribution in [1.82, 2.24) is 18.8 Å². The van der Waals surface area contributed by atoms with E-state index in [9.17, 15) is 0 Å². The SMILES string of the molecule is c1ccc2c(c1)cc1c3cc4ccccc4n3c3cccnc3c3ncccc3n21. The summed E-state index contributed by atoms with van der Waals surface area (Å²) in [6, 6.07) is 29.8. The standard InChI is InChI=1S/C26H16N4/c1-3-9-19-17(7-1)15-23-24-16-18-8-2-4-10-20(18)30(24)22-12-6-14-28-26(22)25-21(29(19)23)11-5-13-27-25/h1-16H. The van der Waals surface area contributed by atoms with Crippen LogP contribution in [0.4, 0.5) is 0 Å². The van der Waals surface area contributed by atoms with Crippen LogP contribution < -0.4 is 0 Å². The number of hydrogen-bond acceptors (Lipinski definition) is 2. The Bertz CT molecular complexity index is 1670. The van der Waals surface area contributed by atoms with Gasteiger partial charge >= 0.3 is 0 Å². The van der Waals surface area contributed by atoms with Crippen LogP contribution in [0.2, 0.25) is 0 Å². The number of aromatic nitrogens is 4. The average Bonchev–Trinajstić information content (AvgIpc) is 3.36.